The summed E-state index contributed by atoms with van der Waals surface area (Å²) in [7, 11) is 0. The van der Waals surface area contributed by atoms with Crippen LogP contribution in [0.15, 0.2) is 42.7 Å². The van der Waals surface area contributed by atoms with E-state index in [2.05, 4.69) is 22.5 Å². The van der Waals surface area contributed by atoms with Crippen molar-refractivity contribution in [3.05, 3.63) is 53.9 Å². The lowest BCUT2D eigenvalue weighted by molar-refractivity contribution is -0.135. The van der Waals surface area contributed by atoms with Crippen LogP contribution < -0.4 is 5.32 Å². The summed E-state index contributed by atoms with van der Waals surface area (Å²) in [6.45, 7) is 4.50. The molecule has 1 aromatic carbocycles. The van der Waals surface area contributed by atoms with Crippen LogP contribution in [0, 0.1) is 6.92 Å². The Hall–Kier alpha value is -2.63. The van der Waals surface area contributed by atoms with Crippen molar-refractivity contribution < 1.29 is 9.59 Å². The number of amides is 2. The van der Waals surface area contributed by atoms with Crippen molar-refractivity contribution in [2.24, 2.45) is 0 Å². The van der Waals surface area contributed by atoms with Gasteiger partial charge < -0.3 is 10.2 Å². The lowest BCUT2D eigenvalue weighted by Crippen LogP contribution is -2.57. The van der Waals surface area contributed by atoms with Crippen molar-refractivity contribution in [2.45, 2.75) is 51.7 Å². The van der Waals surface area contributed by atoms with Gasteiger partial charge in [-0.2, -0.15) is 5.10 Å². The van der Waals surface area contributed by atoms with Crippen LogP contribution in [0.2, 0.25) is 0 Å². The van der Waals surface area contributed by atoms with Crippen molar-refractivity contribution in [3.8, 4) is 0 Å². The number of benzene rings is 1. The maximum atomic E-state index is 12.5. The summed E-state index contributed by atoms with van der Waals surface area (Å²) in [6.07, 6.45) is 6.11. The molecule has 2 amide bonds. The highest BCUT2D eigenvalue weighted by Gasteiger charge is 2.33. The molecular formula is C20H26N4O2. The number of aromatic nitrogens is 2. The topological polar surface area (TPSA) is 67.2 Å². The summed E-state index contributed by atoms with van der Waals surface area (Å²) in [5.74, 6) is -0.00542. The SMILES string of the molecule is CC(=O)N1CCC[C@H](NC(=O)Cn2cc(C)cn2)[C@@H]1Cc1ccccc1. The first kappa shape index (κ1) is 18.2. The molecule has 1 aromatic heterocycles. The van der Waals surface area contributed by atoms with Crippen LogP contribution in [0.4, 0.5) is 0 Å². The van der Waals surface area contributed by atoms with E-state index in [9.17, 15) is 9.59 Å². The normalized spacial score (nSPS) is 20.0. The van der Waals surface area contributed by atoms with Crippen molar-refractivity contribution >= 4 is 11.8 Å². The first-order chi connectivity index (χ1) is 12.5. The Kier molecular flexibility index (Phi) is 5.71. The van der Waals surface area contributed by atoms with E-state index < -0.39 is 0 Å². The van der Waals surface area contributed by atoms with Gasteiger partial charge in [0.25, 0.3) is 0 Å². The van der Waals surface area contributed by atoms with E-state index in [0.717, 1.165) is 31.4 Å². The first-order valence-electron chi connectivity index (χ1n) is 9.12. The maximum Gasteiger partial charge on any atom is 0.242 e. The van der Waals surface area contributed by atoms with Gasteiger partial charge in [0.15, 0.2) is 0 Å². The maximum absolute atomic E-state index is 12.5. The van der Waals surface area contributed by atoms with Gasteiger partial charge in [0.2, 0.25) is 11.8 Å². The molecule has 1 fully saturated rings. The molecule has 0 spiro atoms. The van der Waals surface area contributed by atoms with Gasteiger partial charge in [-0.3, -0.25) is 14.3 Å². The van der Waals surface area contributed by atoms with E-state index in [-0.39, 0.29) is 30.4 Å². The Morgan fingerprint density at radius 2 is 2.04 bits per heavy atom. The van der Waals surface area contributed by atoms with Gasteiger partial charge >= 0.3 is 0 Å². The molecule has 2 heterocycles. The van der Waals surface area contributed by atoms with Gasteiger partial charge in [-0.15, -0.1) is 0 Å². The van der Waals surface area contributed by atoms with E-state index in [1.165, 1.54) is 5.56 Å². The fourth-order valence-electron chi connectivity index (χ4n) is 3.68. The molecule has 1 aliphatic heterocycles. The second-order valence-electron chi connectivity index (χ2n) is 7.00. The lowest BCUT2D eigenvalue weighted by atomic mass is 9.90. The zero-order valence-corrected chi connectivity index (χ0v) is 15.4. The highest BCUT2D eigenvalue weighted by atomic mass is 16.2. The van der Waals surface area contributed by atoms with Crippen molar-refractivity contribution in [1.82, 2.24) is 20.0 Å². The Morgan fingerprint density at radius 1 is 1.27 bits per heavy atom. The highest BCUT2D eigenvalue weighted by Crippen LogP contribution is 2.22. The van der Waals surface area contributed by atoms with Crippen LogP contribution in [-0.2, 0) is 22.6 Å². The lowest BCUT2D eigenvalue weighted by Gasteiger charge is -2.41. The third-order valence-corrected chi connectivity index (χ3v) is 4.89. The summed E-state index contributed by atoms with van der Waals surface area (Å²) < 4.78 is 1.64. The zero-order valence-electron chi connectivity index (χ0n) is 15.4. The van der Waals surface area contributed by atoms with Gasteiger partial charge in [-0.25, -0.2) is 0 Å². The summed E-state index contributed by atoms with van der Waals surface area (Å²) in [4.78, 5) is 26.5. The number of nitrogens with zero attached hydrogens (tertiary/aromatic N) is 3. The van der Waals surface area contributed by atoms with Crippen LogP contribution in [0.3, 0.4) is 0 Å². The largest absolute Gasteiger partial charge is 0.350 e. The van der Waals surface area contributed by atoms with Crippen LogP contribution in [0.5, 0.6) is 0 Å². The molecule has 2 aromatic rings. The molecule has 2 atom stereocenters. The number of rotatable bonds is 5. The standard InChI is InChI=1S/C20H26N4O2/c1-15-12-21-23(13-15)14-20(26)22-18-9-6-10-24(16(2)25)19(18)11-17-7-4-3-5-8-17/h3-5,7-8,12-13,18-19H,6,9-11,14H2,1-2H3,(H,22,26)/t18-,19-/m0/s1. The predicted octanol–water partition coefficient (Wildman–Crippen LogP) is 1.93. The number of nitrogens with one attached hydrogen (secondary N) is 1. The van der Waals surface area contributed by atoms with E-state index in [4.69, 9.17) is 0 Å². The van der Waals surface area contributed by atoms with Crippen molar-refractivity contribution in [2.75, 3.05) is 6.54 Å². The molecule has 3 rings (SSSR count). The third-order valence-electron chi connectivity index (χ3n) is 4.89. The molecule has 0 bridgehead atoms. The van der Waals surface area contributed by atoms with E-state index in [1.54, 1.807) is 17.8 Å². The van der Waals surface area contributed by atoms with Gasteiger partial charge in [0.1, 0.15) is 6.54 Å². The number of hydrogen-bond donors (Lipinski definition) is 1. The Bertz CT molecular complexity index is 756. The van der Waals surface area contributed by atoms with Gasteiger partial charge in [0.05, 0.1) is 12.2 Å². The molecule has 0 unspecified atom stereocenters. The number of likely N-dealkylation sites (tertiary alicyclic amines) is 1. The number of carbonyl (C=O) groups is 2. The van der Waals surface area contributed by atoms with Crippen LogP contribution in [0.1, 0.15) is 30.9 Å². The minimum atomic E-state index is -0.0680. The van der Waals surface area contributed by atoms with Crippen molar-refractivity contribution in [1.29, 1.82) is 0 Å². The second-order valence-corrected chi connectivity index (χ2v) is 7.00. The molecule has 1 N–H and O–H groups in total. The average Bonchev–Trinajstić information content (AvgIpc) is 3.01. The molecule has 26 heavy (non-hydrogen) atoms. The molecular weight excluding hydrogens is 328 g/mol. The number of carbonyl (C=O) groups excluding carboxylic acids is 2. The van der Waals surface area contributed by atoms with Gasteiger partial charge in [-0.05, 0) is 37.3 Å². The summed E-state index contributed by atoms with van der Waals surface area (Å²) in [5, 5.41) is 7.31. The van der Waals surface area contributed by atoms with Crippen LogP contribution in [0.25, 0.3) is 0 Å². The highest BCUT2D eigenvalue weighted by molar-refractivity contribution is 5.77. The quantitative estimate of drug-likeness (QED) is 0.892. The van der Waals surface area contributed by atoms with Gasteiger partial charge in [-0.1, -0.05) is 30.3 Å². The first-order valence-corrected chi connectivity index (χ1v) is 9.12. The zero-order chi connectivity index (χ0) is 18.5. The smallest absolute Gasteiger partial charge is 0.242 e. The minimum absolute atomic E-state index is 0.0213. The molecule has 0 saturated carbocycles. The van der Waals surface area contributed by atoms with E-state index in [0.29, 0.717) is 0 Å². The molecule has 138 valence electrons. The van der Waals surface area contributed by atoms with Crippen LogP contribution >= 0.6 is 0 Å². The fourth-order valence-corrected chi connectivity index (χ4v) is 3.68. The Morgan fingerprint density at radius 3 is 2.69 bits per heavy atom. The average molecular weight is 354 g/mol. The molecule has 6 heteroatoms. The minimum Gasteiger partial charge on any atom is -0.350 e. The van der Waals surface area contributed by atoms with Crippen molar-refractivity contribution in [3.63, 3.8) is 0 Å². The monoisotopic (exact) mass is 354 g/mol. The predicted molar refractivity (Wildman–Crippen MR) is 99.4 cm³/mol. The molecule has 0 aliphatic carbocycles. The number of hydrogen-bond acceptors (Lipinski definition) is 3. The summed E-state index contributed by atoms with van der Waals surface area (Å²) >= 11 is 0. The van der Waals surface area contributed by atoms with E-state index >= 15 is 0 Å². The van der Waals surface area contributed by atoms with Crippen LogP contribution in [-0.4, -0.2) is 45.1 Å². The third kappa shape index (κ3) is 4.50. The number of piperidine rings is 1. The number of aryl methyl sites for hydroxylation is 1. The summed E-state index contributed by atoms with van der Waals surface area (Å²) in [5.41, 5.74) is 2.20. The molecule has 1 aliphatic rings. The Balaban J connectivity index is 1.71. The molecule has 1 saturated heterocycles. The fraction of sp³-hybridized carbons (Fsp3) is 0.450. The van der Waals surface area contributed by atoms with E-state index in [1.807, 2.05) is 36.2 Å². The molecule has 0 radical (unpaired) electrons. The second kappa shape index (κ2) is 8.17. The Labute approximate surface area is 154 Å². The molecule has 6 nitrogen and oxygen atoms in total. The van der Waals surface area contributed by atoms with Gasteiger partial charge in [0, 0.05) is 25.7 Å². The summed E-state index contributed by atoms with van der Waals surface area (Å²) in [6, 6.07) is 10.1.